The molecule has 25 heavy (non-hydrogen) atoms. The Bertz CT molecular complexity index is 840. The highest BCUT2D eigenvalue weighted by Crippen LogP contribution is 2.34. The van der Waals surface area contributed by atoms with Gasteiger partial charge in [-0.05, 0) is 32.9 Å². The summed E-state index contributed by atoms with van der Waals surface area (Å²) in [6.45, 7) is 7.30. The van der Waals surface area contributed by atoms with Gasteiger partial charge in [0.1, 0.15) is 0 Å². The van der Waals surface area contributed by atoms with Crippen molar-refractivity contribution in [2.24, 2.45) is 7.05 Å². The predicted molar refractivity (Wildman–Crippen MR) is 99.6 cm³/mol. The summed E-state index contributed by atoms with van der Waals surface area (Å²) in [4.78, 5) is 5.61. The topological polar surface area (TPSA) is 68.2 Å². The van der Waals surface area contributed by atoms with Gasteiger partial charge in [0.05, 0.1) is 19.9 Å². The summed E-state index contributed by atoms with van der Waals surface area (Å²) in [5.41, 5.74) is 1.87. The molecule has 0 saturated heterocycles. The molecule has 0 fully saturated rings. The average Bonchev–Trinajstić information content (AvgIpc) is 3.17. The molecular formula is C18H25N5O2. The number of aromatic nitrogens is 4. The summed E-state index contributed by atoms with van der Waals surface area (Å²) < 4.78 is 12.8. The Morgan fingerprint density at radius 3 is 2.40 bits per heavy atom. The van der Waals surface area contributed by atoms with Crippen LogP contribution >= 0.6 is 0 Å². The van der Waals surface area contributed by atoms with Crippen LogP contribution in [0.2, 0.25) is 0 Å². The number of fused-ring (bicyclic) bond motifs is 1. The van der Waals surface area contributed by atoms with Crippen LogP contribution in [-0.2, 0) is 7.05 Å². The highest BCUT2D eigenvalue weighted by Gasteiger charge is 2.19. The Labute approximate surface area is 147 Å². The van der Waals surface area contributed by atoms with Crippen molar-refractivity contribution in [3.05, 3.63) is 18.2 Å². The second-order valence-corrected chi connectivity index (χ2v) is 6.24. The molecule has 0 aliphatic carbocycles. The molecule has 1 aromatic carbocycles. The fraction of sp³-hybridized carbons (Fsp3) is 0.444. The van der Waals surface area contributed by atoms with Gasteiger partial charge in [-0.15, -0.1) is 10.2 Å². The highest BCUT2D eigenvalue weighted by molar-refractivity contribution is 5.88. The van der Waals surface area contributed by atoms with Gasteiger partial charge in [0, 0.05) is 36.6 Å². The lowest BCUT2D eigenvalue weighted by Crippen LogP contribution is -2.32. The molecule has 0 bridgehead atoms. The second-order valence-electron chi connectivity index (χ2n) is 6.24. The van der Waals surface area contributed by atoms with E-state index in [9.17, 15) is 0 Å². The van der Waals surface area contributed by atoms with Gasteiger partial charge in [0.2, 0.25) is 5.95 Å². The van der Waals surface area contributed by atoms with Gasteiger partial charge in [0.15, 0.2) is 17.3 Å². The summed E-state index contributed by atoms with van der Waals surface area (Å²) in [5, 5.41) is 9.82. The first-order valence-corrected chi connectivity index (χ1v) is 8.41. The molecule has 134 valence electrons. The number of benzene rings is 1. The van der Waals surface area contributed by atoms with Crippen LogP contribution in [0.1, 0.15) is 20.8 Å². The maximum Gasteiger partial charge on any atom is 0.227 e. The van der Waals surface area contributed by atoms with Crippen molar-refractivity contribution >= 4 is 16.9 Å². The number of anilines is 1. The van der Waals surface area contributed by atoms with E-state index >= 15 is 0 Å². The van der Waals surface area contributed by atoms with E-state index in [4.69, 9.17) is 9.47 Å². The van der Waals surface area contributed by atoms with Gasteiger partial charge in [-0.2, -0.15) is 0 Å². The molecular weight excluding hydrogens is 318 g/mol. The number of hydrogen-bond acceptors (Lipinski definition) is 5. The van der Waals surface area contributed by atoms with Crippen molar-refractivity contribution < 1.29 is 9.47 Å². The molecule has 3 rings (SSSR count). The van der Waals surface area contributed by atoms with Crippen molar-refractivity contribution in [3.63, 3.8) is 0 Å². The molecule has 0 aliphatic rings. The highest BCUT2D eigenvalue weighted by atomic mass is 16.5. The Morgan fingerprint density at radius 2 is 1.80 bits per heavy atom. The number of aromatic amines is 1. The quantitative estimate of drug-likeness (QED) is 0.744. The van der Waals surface area contributed by atoms with E-state index in [0.717, 1.165) is 34.9 Å². The van der Waals surface area contributed by atoms with Gasteiger partial charge in [0.25, 0.3) is 0 Å². The Kier molecular flexibility index (Phi) is 4.57. The van der Waals surface area contributed by atoms with E-state index in [1.54, 1.807) is 14.2 Å². The van der Waals surface area contributed by atoms with Crippen LogP contribution in [0.5, 0.6) is 11.5 Å². The van der Waals surface area contributed by atoms with Crippen LogP contribution in [0, 0.1) is 0 Å². The Hall–Kier alpha value is -2.70. The number of H-pyrrole nitrogens is 1. The fourth-order valence-electron chi connectivity index (χ4n) is 3.12. The summed E-state index contributed by atoms with van der Waals surface area (Å²) in [5.74, 6) is 3.06. The maximum atomic E-state index is 5.38. The van der Waals surface area contributed by atoms with Gasteiger partial charge in [-0.25, -0.2) is 0 Å². The third-order valence-corrected chi connectivity index (χ3v) is 4.44. The minimum atomic E-state index is 0.358. The number of ether oxygens (including phenoxy) is 2. The predicted octanol–water partition coefficient (Wildman–Crippen LogP) is 3.22. The first kappa shape index (κ1) is 17.1. The van der Waals surface area contributed by atoms with E-state index in [2.05, 4.69) is 46.9 Å². The summed E-state index contributed by atoms with van der Waals surface area (Å²) >= 11 is 0. The van der Waals surface area contributed by atoms with E-state index in [1.807, 2.05) is 23.7 Å². The molecule has 0 saturated carbocycles. The largest absolute Gasteiger partial charge is 0.493 e. The molecule has 7 heteroatoms. The molecule has 1 N–H and O–H groups in total. The lowest BCUT2D eigenvalue weighted by Gasteiger charge is -2.25. The van der Waals surface area contributed by atoms with E-state index in [-0.39, 0.29) is 0 Å². The molecule has 2 aromatic heterocycles. The first-order valence-electron chi connectivity index (χ1n) is 8.41. The first-order chi connectivity index (χ1) is 12.0. The van der Waals surface area contributed by atoms with Crippen LogP contribution < -0.4 is 14.4 Å². The molecule has 7 nitrogen and oxygen atoms in total. The van der Waals surface area contributed by atoms with Crippen molar-refractivity contribution in [2.45, 2.75) is 26.8 Å². The smallest absolute Gasteiger partial charge is 0.227 e. The molecule has 0 aliphatic heterocycles. The molecule has 3 aromatic rings. The van der Waals surface area contributed by atoms with Crippen LogP contribution in [0.25, 0.3) is 22.4 Å². The molecule has 0 unspecified atom stereocenters. The van der Waals surface area contributed by atoms with Crippen LogP contribution in [0.15, 0.2) is 18.2 Å². The SMILES string of the molecule is CCN(c1nnc(-c2cc3cc(OC)c(OC)cc3[nH]2)n1C)C(C)C. The Morgan fingerprint density at radius 1 is 1.12 bits per heavy atom. The zero-order valence-corrected chi connectivity index (χ0v) is 15.6. The summed E-state index contributed by atoms with van der Waals surface area (Å²) in [6, 6.07) is 6.30. The van der Waals surface area contributed by atoms with E-state index in [0.29, 0.717) is 17.5 Å². The summed E-state index contributed by atoms with van der Waals surface area (Å²) in [6.07, 6.45) is 0. The second kappa shape index (κ2) is 6.66. The maximum absolute atomic E-state index is 5.38. The number of nitrogens with zero attached hydrogens (tertiary/aromatic N) is 4. The van der Waals surface area contributed by atoms with Crippen molar-refractivity contribution in [1.82, 2.24) is 19.7 Å². The fourth-order valence-corrected chi connectivity index (χ4v) is 3.12. The molecule has 0 amide bonds. The summed E-state index contributed by atoms with van der Waals surface area (Å²) in [7, 11) is 5.26. The van der Waals surface area contributed by atoms with E-state index in [1.165, 1.54) is 0 Å². The minimum Gasteiger partial charge on any atom is -0.493 e. The van der Waals surface area contributed by atoms with Crippen LogP contribution in [0.3, 0.4) is 0 Å². The standard InChI is InChI=1S/C18H25N5O2/c1-7-23(11(2)3)18-21-20-17(22(18)4)14-8-12-9-15(24-5)16(25-6)10-13(12)19-14/h8-11,19H,7H2,1-6H3. The molecule has 0 radical (unpaired) electrons. The number of nitrogens with one attached hydrogen (secondary N) is 1. The van der Waals surface area contributed by atoms with Crippen molar-refractivity contribution in [2.75, 3.05) is 25.7 Å². The van der Waals surface area contributed by atoms with E-state index < -0.39 is 0 Å². The lowest BCUT2D eigenvalue weighted by molar-refractivity contribution is 0.356. The third kappa shape index (κ3) is 2.90. The van der Waals surface area contributed by atoms with Crippen LogP contribution in [-0.4, -0.2) is 46.6 Å². The van der Waals surface area contributed by atoms with Crippen molar-refractivity contribution in [3.8, 4) is 23.0 Å². The number of methoxy groups -OCH3 is 2. The van der Waals surface area contributed by atoms with Gasteiger partial charge in [-0.1, -0.05) is 0 Å². The number of hydrogen-bond donors (Lipinski definition) is 1. The monoisotopic (exact) mass is 343 g/mol. The average molecular weight is 343 g/mol. The molecule has 0 spiro atoms. The lowest BCUT2D eigenvalue weighted by atomic mass is 10.2. The van der Waals surface area contributed by atoms with Gasteiger partial charge < -0.3 is 19.4 Å². The minimum absolute atomic E-state index is 0.358. The molecule has 0 atom stereocenters. The Balaban J connectivity index is 2.07. The van der Waals surface area contributed by atoms with Gasteiger partial charge in [-0.3, -0.25) is 4.57 Å². The third-order valence-electron chi connectivity index (χ3n) is 4.44. The van der Waals surface area contributed by atoms with Crippen molar-refractivity contribution in [1.29, 1.82) is 0 Å². The molecule has 2 heterocycles. The normalized spacial score (nSPS) is 11.3. The van der Waals surface area contributed by atoms with Crippen LogP contribution in [0.4, 0.5) is 5.95 Å². The zero-order chi connectivity index (χ0) is 18.1. The zero-order valence-electron chi connectivity index (χ0n) is 15.6. The number of rotatable bonds is 6. The van der Waals surface area contributed by atoms with Gasteiger partial charge >= 0.3 is 0 Å².